The van der Waals surface area contributed by atoms with Crippen molar-refractivity contribution in [1.82, 2.24) is 5.32 Å². The van der Waals surface area contributed by atoms with Gasteiger partial charge in [0.15, 0.2) is 0 Å². The van der Waals surface area contributed by atoms with Crippen LogP contribution >= 0.6 is 0 Å². The molecule has 15 heavy (non-hydrogen) atoms. The molecule has 0 unspecified atom stereocenters. The Bertz CT molecular complexity index is 374. The van der Waals surface area contributed by atoms with Crippen LogP contribution in [0.15, 0.2) is 30.3 Å². The highest BCUT2D eigenvalue weighted by molar-refractivity contribution is 5.94. The second-order valence-electron chi connectivity index (χ2n) is 3.90. The van der Waals surface area contributed by atoms with Crippen LogP contribution in [0.4, 0.5) is 0 Å². The van der Waals surface area contributed by atoms with Gasteiger partial charge in [-0.2, -0.15) is 0 Å². The van der Waals surface area contributed by atoms with Crippen molar-refractivity contribution in [1.29, 1.82) is 0 Å². The lowest BCUT2D eigenvalue weighted by molar-refractivity contribution is 0.0963. The molecule has 1 N–H and O–H groups in total. The molecule has 0 radical (unpaired) electrons. The van der Waals surface area contributed by atoms with Gasteiger partial charge in [0.05, 0.1) is 0 Å². The van der Waals surface area contributed by atoms with Crippen LogP contribution in [0.2, 0.25) is 0 Å². The summed E-state index contributed by atoms with van der Waals surface area (Å²) < 4.78 is 0. The third-order valence-electron chi connectivity index (χ3n) is 2.58. The lowest BCUT2D eigenvalue weighted by Crippen LogP contribution is -2.17. The lowest BCUT2D eigenvalue weighted by atomic mass is 10.1. The fourth-order valence-corrected chi connectivity index (χ4v) is 1.43. The van der Waals surface area contributed by atoms with E-state index in [0.29, 0.717) is 5.56 Å². The molecule has 0 aliphatic heterocycles. The van der Waals surface area contributed by atoms with E-state index < -0.39 is 0 Å². The molecule has 1 aromatic rings. The summed E-state index contributed by atoms with van der Waals surface area (Å²) in [6.07, 6.45) is 7.03. The molecule has 78 valence electrons. The highest BCUT2D eigenvalue weighted by atomic mass is 16.1. The van der Waals surface area contributed by atoms with Gasteiger partial charge in [0.1, 0.15) is 0 Å². The summed E-state index contributed by atoms with van der Waals surface area (Å²) in [5, 5.41) is 2.60. The summed E-state index contributed by atoms with van der Waals surface area (Å²) >= 11 is 0. The molecule has 1 aromatic carbocycles. The molecule has 1 amide bonds. The Morgan fingerprint density at radius 1 is 1.33 bits per heavy atom. The largest absolute Gasteiger partial charge is 0.355 e. The lowest BCUT2D eigenvalue weighted by Gasteiger charge is -1.99. The molecule has 1 aliphatic carbocycles. The minimum atomic E-state index is -0.0345. The van der Waals surface area contributed by atoms with E-state index in [0.717, 1.165) is 11.5 Å². The molecule has 2 rings (SSSR count). The Morgan fingerprint density at radius 3 is 2.53 bits per heavy atom. The Kier molecular flexibility index (Phi) is 2.86. The minimum Gasteiger partial charge on any atom is -0.355 e. The maximum atomic E-state index is 11.3. The maximum absolute atomic E-state index is 11.3. The Hall–Kier alpha value is -1.57. The van der Waals surface area contributed by atoms with E-state index in [1.54, 1.807) is 7.05 Å². The monoisotopic (exact) mass is 201 g/mol. The first-order valence-electron chi connectivity index (χ1n) is 5.30. The van der Waals surface area contributed by atoms with Gasteiger partial charge in [-0.15, -0.1) is 0 Å². The predicted octanol–water partition coefficient (Wildman–Crippen LogP) is 2.47. The Labute approximate surface area is 90.0 Å². The number of hydrogen-bond donors (Lipinski definition) is 1. The van der Waals surface area contributed by atoms with Gasteiger partial charge in [0, 0.05) is 12.6 Å². The third kappa shape index (κ3) is 2.69. The van der Waals surface area contributed by atoms with Crippen LogP contribution in [0, 0.1) is 5.92 Å². The number of nitrogens with one attached hydrogen (secondary N) is 1. The number of carbonyl (C=O) groups excluding carboxylic acids is 1. The fraction of sp³-hybridized carbons (Fsp3) is 0.308. The SMILES string of the molecule is CNC(=O)c1ccc(/C=C/C2CC2)cc1. The van der Waals surface area contributed by atoms with Crippen molar-refractivity contribution in [2.75, 3.05) is 7.05 Å². The van der Waals surface area contributed by atoms with E-state index in [-0.39, 0.29) is 5.91 Å². The smallest absolute Gasteiger partial charge is 0.251 e. The average molecular weight is 201 g/mol. The average Bonchev–Trinajstić information content (AvgIpc) is 3.10. The van der Waals surface area contributed by atoms with Gasteiger partial charge in [-0.1, -0.05) is 24.3 Å². The van der Waals surface area contributed by atoms with Gasteiger partial charge in [-0.3, -0.25) is 4.79 Å². The van der Waals surface area contributed by atoms with Gasteiger partial charge in [-0.25, -0.2) is 0 Å². The van der Waals surface area contributed by atoms with Crippen molar-refractivity contribution in [2.45, 2.75) is 12.8 Å². The van der Waals surface area contributed by atoms with Crippen molar-refractivity contribution in [3.05, 3.63) is 41.5 Å². The second-order valence-corrected chi connectivity index (χ2v) is 3.90. The predicted molar refractivity (Wildman–Crippen MR) is 61.6 cm³/mol. The molecule has 1 fully saturated rings. The van der Waals surface area contributed by atoms with E-state index >= 15 is 0 Å². The van der Waals surface area contributed by atoms with Crippen molar-refractivity contribution >= 4 is 12.0 Å². The highest BCUT2D eigenvalue weighted by Gasteiger charge is 2.16. The van der Waals surface area contributed by atoms with Gasteiger partial charge >= 0.3 is 0 Å². The Morgan fingerprint density at radius 2 is 2.00 bits per heavy atom. The zero-order valence-electron chi connectivity index (χ0n) is 8.86. The summed E-state index contributed by atoms with van der Waals surface area (Å²) in [6.45, 7) is 0. The molecule has 0 bridgehead atoms. The number of allylic oxidation sites excluding steroid dienone is 1. The molecular weight excluding hydrogens is 186 g/mol. The minimum absolute atomic E-state index is 0.0345. The Balaban J connectivity index is 2.05. The van der Waals surface area contributed by atoms with Crippen LogP contribution in [0.3, 0.4) is 0 Å². The molecule has 2 heteroatoms. The van der Waals surface area contributed by atoms with Crippen LogP contribution in [0.25, 0.3) is 6.08 Å². The van der Waals surface area contributed by atoms with Crippen LogP contribution in [-0.2, 0) is 0 Å². The number of hydrogen-bond acceptors (Lipinski definition) is 1. The third-order valence-corrected chi connectivity index (χ3v) is 2.58. The molecule has 1 aliphatic rings. The first kappa shape index (κ1) is 9.97. The van der Waals surface area contributed by atoms with Crippen molar-refractivity contribution in [3.63, 3.8) is 0 Å². The standard InChI is InChI=1S/C13H15NO/c1-14-13(15)12-8-6-11(7-9-12)5-4-10-2-3-10/h4-10H,2-3H2,1H3,(H,14,15)/b5-4+. The number of rotatable bonds is 3. The molecular formula is C13H15NO. The molecule has 2 nitrogen and oxygen atoms in total. The van der Waals surface area contributed by atoms with Crippen LogP contribution in [-0.4, -0.2) is 13.0 Å². The summed E-state index contributed by atoms with van der Waals surface area (Å²) in [7, 11) is 1.64. The van der Waals surface area contributed by atoms with Gasteiger partial charge in [-0.05, 0) is 36.5 Å². The number of carbonyl (C=O) groups is 1. The molecule has 0 aromatic heterocycles. The van der Waals surface area contributed by atoms with Gasteiger partial charge < -0.3 is 5.32 Å². The second kappa shape index (κ2) is 4.30. The molecule has 0 heterocycles. The first-order chi connectivity index (χ1) is 7.29. The van der Waals surface area contributed by atoms with Gasteiger partial charge in [0.25, 0.3) is 5.91 Å². The first-order valence-corrected chi connectivity index (χ1v) is 5.30. The van der Waals surface area contributed by atoms with Crippen LogP contribution < -0.4 is 5.32 Å². The number of benzene rings is 1. The van der Waals surface area contributed by atoms with Crippen LogP contribution in [0.5, 0.6) is 0 Å². The highest BCUT2D eigenvalue weighted by Crippen LogP contribution is 2.30. The summed E-state index contributed by atoms with van der Waals surface area (Å²) in [5.74, 6) is 0.760. The summed E-state index contributed by atoms with van der Waals surface area (Å²) in [5.41, 5.74) is 1.87. The molecule has 1 saturated carbocycles. The quantitative estimate of drug-likeness (QED) is 0.799. The van der Waals surface area contributed by atoms with Crippen molar-refractivity contribution in [2.24, 2.45) is 5.92 Å². The molecule has 0 atom stereocenters. The van der Waals surface area contributed by atoms with E-state index in [1.165, 1.54) is 12.8 Å². The normalized spacial score (nSPS) is 15.5. The molecule has 0 spiro atoms. The van der Waals surface area contributed by atoms with E-state index in [9.17, 15) is 4.79 Å². The van der Waals surface area contributed by atoms with Gasteiger partial charge in [0.2, 0.25) is 0 Å². The van der Waals surface area contributed by atoms with Crippen molar-refractivity contribution in [3.8, 4) is 0 Å². The fourth-order valence-electron chi connectivity index (χ4n) is 1.43. The van der Waals surface area contributed by atoms with E-state index in [1.807, 2.05) is 24.3 Å². The summed E-state index contributed by atoms with van der Waals surface area (Å²) in [6, 6.07) is 7.66. The number of amides is 1. The topological polar surface area (TPSA) is 29.1 Å². The molecule has 0 saturated heterocycles. The van der Waals surface area contributed by atoms with E-state index in [4.69, 9.17) is 0 Å². The van der Waals surface area contributed by atoms with Crippen LogP contribution in [0.1, 0.15) is 28.8 Å². The zero-order chi connectivity index (χ0) is 10.7. The van der Waals surface area contributed by atoms with E-state index in [2.05, 4.69) is 17.5 Å². The summed E-state index contributed by atoms with van der Waals surface area (Å²) in [4.78, 5) is 11.3. The maximum Gasteiger partial charge on any atom is 0.251 e. The van der Waals surface area contributed by atoms with Crippen molar-refractivity contribution < 1.29 is 4.79 Å². The zero-order valence-corrected chi connectivity index (χ0v) is 8.86.